The molecule has 10 aromatic rings. The van der Waals surface area contributed by atoms with Crippen molar-refractivity contribution in [3.63, 3.8) is 0 Å². The second-order valence-electron chi connectivity index (χ2n) is 16.3. The normalized spacial score (nSPS) is 11.3. The van der Waals surface area contributed by atoms with Gasteiger partial charge in [-0.25, -0.2) is 0 Å². The van der Waals surface area contributed by atoms with E-state index < -0.39 is 7.32 Å². The Morgan fingerprint density at radius 2 is 0.903 bits per heavy atom. The minimum absolute atomic E-state index is 0. The van der Waals surface area contributed by atoms with Crippen molar-refractivity contribution in [2.45, 2.75) is 32.6 Å². The van der Waals surface area contributed by atoms with Crippen LogP contribution in [0.15, 0.2) is 199 Å². The molecule has 0 amide bonds. The van der Waals surface area contributed by atoms with Gasteiger partial charge in [0, 0.05) is 71.9 Å². The molecule has 1 aliphatic rings. The number of nitrogens with zero attached hydrogens (tertiary/aromatic N) is 2. The number of aromatic nitrogens is 2. The van der Waals surface area contributed by atoms with E-state index in [1.165, 1.54) is 101 Å². The van der Waals surface area contributed by atoms with E-state index in [1.54, 1.807) is 0 Å². The first-order valence-electron chi connectivity index (χ1n) is 23.5. The summed E-state index contributed by atoms with van der Waals surface area (Å²) in [5.74, 6) is 0.599. The predicted molar refractivity (Wildman–Crippen MR) is 303 cm³/mol. The van der Waals surface area contributed by atoms with Gasteiger partial charge in [-0.15, -0.1) is 12.4 Å². The standard InChI is InChI=1S/C24H17BNO2.C24H16BrN.C4H8O.C4H9.C3H9BO3.ClH.Li/c27-25-28-20-10-6-8-18(16-20)17-7-5-9-19(15-17)26-23-13-3-1-11-21(23)22-12-2-4-14-24(22)26;25-19-9-5-7-17(15-19)18-8-6-10-20(16-18)26-23-13-3-1-11-21(23)22-12-2-4-14-24(22)26;1-2-4-5-3-1;1-3-4-2;1-5-4(6-2)7-3;;/h1-16,27H;1-16H;1-4H2;1,3-4H2,2H3;1-3H3;1H;/q;;;-1;;;+1. The van der Waals surface area contributed by atoms with Gasteiger partial charge in [0.05, 0.1) is 22.1 Å². The Morgan fingerprint density at radius 1 is 0.542 bits per heavy atom. The Balaban J connectivity index is 0.000000201. The maximum atomic E-state index is 8.90. The summed E-state index contributed by atoms with van der Waals surface area (Å²) in [5.41, 5.74) is 11.7. The third kappa shape index (κ3) is 14.6. The van der Waals surface area contributed by atoms with Gasteiger partial charge >= 0.3 is 33.9 Å². The molecule has 1 aliphatic heterocycles. The van der Waals surface area contributed by atoms with Gasteiger partial charge in [0.25, 0.3) is 0 Å². The average molecular weight is 1040 g/mol. The molecule has 1 saturated heterocycles. The fourth-order valence-corrected chi connectivity index (χ4v) is 8.73. The minimum atomic E-state index is -0.514. The van der Waals surface area contributed by atoms with Crippen LogP contribution in [0.2, 0.25) is 0 Å². The number of unbranched alkanes of at least 4 members (excludes halogenated alkanes) is 1. The largest absolute Gasteiger partial charge is 1.00 e. The summed E-state index contributed by atoms with van der Waals surface area (Å²) in [6, 6.07) is 67.5. The number of para-hydroxylation sites is 4. The van der Waals surface area contributed by atoms with Crippen LogP contribution >= 0.6 is 28.3 Å². The number of hydrogen-bond donors (Lipinski definition) is 1. The third-order valence-electron chi connectivity index (χ3n) is 11.6. The first-order chi connectivity index (χ1) is 34.4. The molecule has 363 valence electrons. The molecule has 0 saturated carbocycles. The smallest absolute Gasteiger partial charge is 0.537 e. The van der Waals surface area contributed by atoms with Gasteiger partial charge in [0.2, 0.25) is 0 Å². The van der Waals surface area contributed by atoms with Crippen LogP contribution in [0.25, 0.3) is 77.2 Å². The maximum Gasteiger partial charge on any atom is 1.00 e. The van der Waals surface area contributed by atoms with E-state index in [-0.39, 0.29) is 31.3 Å². The zero-order valence-corrected chi connectivity index (χ0v) is 44.2. The van der Waals surface area contributed by atoms with Crippen molar-refractivity contribution in [1.29, 1.82) is 0 Å². The number of fused-ring (bicyclic) bond motifs is 6. The van der Waals surface area contributed by atoms with Crippen molar-refractivity contribution in [3.05, 3.63) is 206 Å². The zero-order valence-electron chi connectivity index (χ0n) is 41.7. The van der Waals surface area contributed by atoms with Gasteiger partial charge in [-0.3, -0.25) is 0 Å². The van der Waals surface area contributed by atoms with Crippen LogP contribution in [-0.4, -0.2) is 63.7 Å². The van der Waals surface area contributed by atoms with Crippen LogP contribution in [0, 0.1) is 6.92 Å². The van der Waals surface area contributed by atoms with E-state index in [0.717, 1.165) is 40.9 Å². The number of rotatable bonds is 10. The van der Waals surface area contributed by atoms with Crippen LogP contribution in [0.1, 0.15) is 32.6 Å². The van der Waals surface area contributed by atoms with Gasteiger partial charge in [-0.05, 0) is 108 Å². The molecule has 8 nitrogen and oxygen atoms in total. The Kier molecular flexibility index (Phi) is 23.8. The summed E-state index contributed by atoms with van der Waals surface area (Å²) in [4.78, 5) is 0. The Morgan fingerprint density at radius 3 is 1.24 bits per heavy atom. The van der Waals surface area contributed by atoms with E-state index in [4.69, 9.17) is 14.4 Å². The topological polar surface area (TPSA) is 76.2 Å². The molecule has 3 heterocycles. The van der Waals surface area contributed by atoms with Crippen LogP contribution in [-0.2, 0) is 18.7 Å². The molecular weight excluding hydrogens is 977 g/mol. The van der Waals surface area contributed by atoms with Crippen molar-refractivity contribution in [3.8, 4) is 39.4 Å². The molecule has 2 aromatic heterocycles. The van der Waals surface area contributed by atoms with E-state index >= 15 is 0 Å². The Bertz CT molecular complexity index is 3090. The predicted octanol–water partition coefficient (Wildman–Crippen LogP) is 12.3. The van der Waals surface area contributed by atoms with Crippen LogP contribution in [0.3, 0.4) is 0 Å². The molecule has 1 fully saturated rings. The molecule has 1 radical (unpaired) electrons. The number of ether oxygens (including phenoxy) is 1. The van der Waals surface area contributed by atoms with Crippen molar-refractivity contribution in [2.24, 2.45) is 0 Å². The summed E-state index contributed by atoms with van der Waals surface area (Å²) >= 11 is 3.58. The summed E-state index contributed by atoms with van der Waals surface area (Å²) in [7, 11) is 4.72. The molecule has 0 unspecified atom stereocenters. The molecule has 0 atom stereocenters. The molecule has 0 bridgehead atoms. The molecule has 0 aliphatic carbocycles. The van der Waals surface area contributed by atoms with E-state index in [9.17, 15) is 0 Å². The summed E-state index contributed by atoms with van der Waals surface area (Å²) in [6.07, 6.45) is 4.83. The fraction of sp³-hybridized carbons (Fsp3) is 0.169. The summed E-state index contributed by atoms with van der Waals surface area (Å²) in [6.45, 7) is 7.72. The van der Waals surface area contributed by atoms with Crippen molar-refractivity contribution < 1.29 is 47.2 Å². The number of hydrogen-bond acceptors (Lipinski definition) is 6. The first-order valence-corrected chi connectivity index (χ1v) is 24.3. The molecule has 72 heavy (non-hydrogen) atoms. The van der Waals surface area contributed by atoms with Gasteiger partial charge in [0.1, 0.15) is 5.75 Å². The van der Waals surface area contributed by atoms with Crippen molar-refractivity contribution in [1.82, 2.24) is 9.13 Å². The number of halogens is 2. The van der Waals surface area contributed by atoms with Gasteiger partial charge in [0.15, 0.2) is 0 Å². The number of benzene rings is 8. The Hall–Kier alpha value is -5.54. The monoisotopic (exact) mass is 1040 g/mol. The van der Waals surface area contributed by atoms with Gasteiger partial charge in [-0.2, -0.15) is 6.42 Å². The molecule has 11 rings (SSSR count). The molecule has 1 N–H and O–H groups in total. The van der Waals surface area contributed by atoms with E-state index in [1.807, 2.05) is 24.3 Å². The van der Waals surface area contributed by atoms with E-state index in [2.05, 4.69) is 223 Å². The second kappa shape index (κ2) is 29.8. The second-order valence-corrected chi connectivity index (χ2v) is 17.2. The SMILES string of the molecule is Brc1cccc(-c2cccc(-n3c4ccccc4c4ccccc43)c2)c1.C1CCOC1.COB(OC)OC.Cl.O[B]Oc1cccc(-c2cccc(-n3c4ccccc4c4ccccc43)c2)c1.[CH2-]CCC.[Li+]. The van der Waals surface area contributed by atoms with Gasteiger partial charge < -0.3 is 44.4 Å². The Labute approximate surface area is 452 Å². The molecule has 8 aromatic carbocycles. The van der Waals surface area contributed by atoms with Crippen LogP contribution in [0.5, 0.6) is 5.75 Å². The van der Waals surface area contributed by atoms with Crippen molar-refractivity contribution >= 4 is 87.0 Å². The summed E-state index contributed by atoms with van der Waals surface area (Å²) in [5, 5.41) is 14.0. The van der Waals surface area contributed by atoms with Crippen LogP contribution in [0.4, 0.5) is 0 Å². The quantitative estimate of drug-likeness (QED) is 0.109. The molecule has 13 heteroatoms. The van der Waals surface area contributed by atoms with E-state index in [0.29, 0.717) is 13.4 Å². The maximum absolute atomic E-state index is 8.90. The van der Waals surface area contributed by atoms with Crippen molar-refractivity contribution in [2.75, 3.05) is 34.5 Å². The fourth-order valence-electron chi connectivity index (χ4n) is 8.33. The average Bonchev–Trinajstić information content (AvgIpc) is 4.19. The van der Waals surface area contributed by atoms with Crippen LogP contribution < -0.4 is 23.5 Å². The molecular formula is C59H60B2BrClLiN2O6. The summed E-state index contributed by atoms with van der Waals surface area (Å²) < 4.78 is 29.6. The molecule has 0 spiro atoms. The third-order valence-corrected chi connectivity index (χ3v) is 12.1. The zero-order chi connectivity index (χ0) is 49.1. The van der Waals surface area contributed by atoms with Gasteiger partial charge in [-0.1, -0.05) is 151 Å². The first kappa shape index (κ1) is 57.4. The minimum Gasteiger partial charge on any atom is -0.537 e.